The predicted octanol–water partition coefficient (Wildman–Crippen LogP) is 8.73. The van der Waals surface area contributed by atoms with E-state index in [9.17, 15) is 30.7 Å². The maximum absolute atomic E-state index is 11.1. The molecule has 0 amide bonds. The summed E-state index contributed by atoms with van der Waals surface area (Å²) in [5.41, 5.74) is 0. The van der Waals surface area contributed by atoms with Gasteiger partial charge in [0.15, 0.2) is 0 Å². The van der Waals surface area contributed by atoms with Gasteiger partial charge in [-0.05, 0) is 48.5 Å². The Morgan fingerprint density at radius 1 is 0.455 bits per heavy atom. The molecule has 235 valence electrons. The van der Waals surface area contributed by atoms with Crippen LogP contribution in [0.3, 0.4) is 0 Å². The van der Waals surface area contributed by atoms with Crippen LogP contribution in [0.2, 0.25) is 0 Å². The van der Waals surface area contributed by atoms with Crippen LogP contribution in [0.4, 0.5) is 30.7 Å². The summed E-state index contributed by atoms with van der Waals surface area (Å²) in [6.07, 6.45) is -13.3. The first-order valence-corrected chi connectivity index (χ1v) is 16.8. The third-order valence-corrected chi connectivity index (χ3v) is 12.3. The van der Waals surface area contributed by atoms with E-state index in [4.69, 9.17) is 0 Å². The summed E-state index contributed by atoms with van der Waals surface area (Å²) in [5.74, 6) is 0. The largest absolute Gasteiger partial charge is 0.438 e. The summed E-state index contributed by atoms with van der Waals surface area (Å²) in [5, 5.41) is 6.06. The molecule has 0 bridgehead atoms. The van der Waals surface area contributed by atoms with Crippen molar-refractivity contribution < 1.29 is 47.5 Å². The number of benzene rings is 4. The van der Waals surface area contributed by atoms with E-state index in [1.165, 1.54) is 33.5 Å². The average Bonchev–Trinajstić information content (AvgIpc) is 3.61. The molecule has 10 heteroatoms. The smallest absolute Gasteiger partial charge is 0.307 e. The monoisotopic (exact) mass is 693 g/mol. The van der Waals surface area contributed by atoms with Crippen molar-refractivity contribution in [3.8, 4) is 0 Å². The summed E-state index contributed by atoms with van der Waals surface area (Å²) >= 11 is 0. The molecule has 0 aliphatic rings. The Labute approximate surface area is 266 Å². The van der Waals surface area contributed by atoms with Gasteiger partial charge in [-0.15, -0.1) is 0 Å². The van der Waals surface area contributed by atoms with Crippen molar-refractivity contribution in [2.45, 2.75) is 12.4 Å². The molecular formula is C34H31CoF7P2. The van der Waals surface area contributed by atoms with Crippen molar-refractivity contribution in [3.63, 3.8) is 0 Å². The van der Waals surface area contributed by atoms with Gasteiger partial charge in [0, 0.05) is 23.0 Å². The summed E-state index contributed by atoms with van der Waals surface area (Å²) in [7, 11) is -1.57. The van der Waals surface area contributed by atoms with Crippen LogP contribution in [0.5, 0.6) is 0 Å². The third kappa shape index (κ3) is 12.6. The molecule has 5 aromatic rings. The van der Waals surface area contributed by atoms with Crippen LogP contribution in [0.15, 0.2) is 152 Å². The Hall–Kier alpha value is -2.89. The van der Waals surface area contributed by atoms with Crippen molar-refractivity contribution in [1.29, 1.82) is 0 Å². The van der Waals surface area contributed by atoms with Crippen molar-refractivity contribution in [3.05, 3.63) is 158 Å². The summed E-state index contributed by atoms with van der Waals surface area (Å²) in [6.45, 7) is 0. The van der Waals surface area contributed by atoms with Crippen molar-refractivity contribution in [2.24, 2.45) is 0 Å². The topological polar surface area (TPSA) is 0 Å². The van der Waals surface area contributed by atoms with Crippen LogP contribution in [-0.2, 0) is 16.8 Å². The zero-order valence-corrected chi connectivity index (χ0v) is 26.4. The number of rotatable bonds is 7. The van der Waals surface area contributed by atoms with E-state index in [1.54, 1.807) is 0 Å². The van der Waals surface area contributed by atoms with Gasteiger partial charge in [-0.2, -0.15) is 18.2 Å². The molecular weight excluding hydrogens is 662 g/mol. The summed E-state index contributed by atoms with van der Waals surface area (Å²) in [4.78, 5) is 0. The first-order valence-electron chi connectivity index (χ1n) is 13.3. The molecule has 44 heavy (non-hydrogen) atoms. The molecule has 0 fully saturated rings. The minimum Gasteiger partial charge on any atom is -0.438 e. The quantitative estimate of drug-likeness (QED) is 0.0910. The minimum atomic E-state index is -5.93. The molecule has 0 atom stereocenters. The van der Waals surface area contributed by atoms with Gasteiger partial charge >= 0.3 is 12.4 Å². The van der Waals surface area contributed by atoms with Gasteiger partial charge in [0.1, 0.15) is 12.3 Å². The van der Waals surface area contributed by atoms with Crippen LogP contribution in [0.25, 0.3) is 0 Å². The Morgan fingerprint density at radius 3 is 0.864 bits per heavy atom. The molecule has 0 nitrogen and oxygen atoms in total. The first kappa shape index (κ1) is 37.3. The molecule has 0 aromatic heterocycles. The number of halogens is 7. The molecule has 0 saturated carbocycles. The summed E-state index contributed by atoms with van der Waals surface area (Å²) in [6, 6.07) is 54.5. The van der Waals surface area contributed by atoms with E-state index in [0.717, 1.165) is 0 Å². The van der Waals surface area contributed by atoms with Gasteiger partial charge in [-0.25, -0.2) is 38.5 Å². The van der Waals surface area contributed by atoms with Crippen molar-refractivity contribution >= 4 is 37.1 Å². The molecule has 0 unspecified atom stereocenters. The maximum Gasteiger partial charge on any atom is 0.307 e. The van der Waals surface area contributed by atoms with Crippen LogP contribution in [0.1, 0.15) is 0 Å². The molecule has 5 rings (SSSR count). The van der Waals surface area contributed by atoms with Gasteiger partial charge in [-0.1, -0.05) is 72.8 Å². The molecule has 0 aliphatic heterocycles. The fourth-order valence-electron chi connectivity index (χ4n) is 4.20. The van der Waals surface area contributed by atoms with Crippen LogP contribution < -0.4 is 21.2 Å². The number of hydrogen-bond donors (Lipinski definition) is 0. The first-order chi connectivity index (χ1) is 20.6. The van der Waals surface area contributed by atoms with Crippen molar-refractivity contribution in [2.75, 3.05) is 12.3 Å². The van der Waals surface area contributed by atoms with E-state index in [1.807, 2.05) is 30.3 Å². The van der Waals surface area contributed by atoms with E-state index >= 15 is 0 Å². The molecule has 0 heterocycles. The molecule has 0 aliphatic carbocycles. The second-order valence-corrected chi connectivity index (χ2v) is 14.4. The Bertz CT molecular complexity index is 1210. The van der Waals surface area contributed by atoms with Gasteiger partial charge in [0.2, 0.25) is 0 Å². The van der Waals surface area contributed by atoms with Gasteiger partial charge in [0.25, 0.3) is 0 Å². The molecule has 5 aromatic carbocycles. The Kier molecular flexibility index (Phi) is 15.9. The zero-order chi connectivity index (χ0) is 31.1. The zero-order valence-electron chi connectivity index (χ0n) is 23.3. The second-order valence-electron chi connectivity index (χ2n) is 9.19. The summed E-state index contributed by atoms with van der Waals surface area (Å²) < 4.78 is 76.0. The fraction of sp³-hybridized carbons (Fsp3) is 0.118. The second kappa shape index (κ2) is 18.8. The SMILES string of the molecule is F[C-](C(F)(F)F)C(F)(F)F.[Co].c1cc[cH-]c1.c1ccc([PH+](CC[PH+](c2ccccc2)c2ccccc2)c2ccccc2)cc1. The van der Waals surface area contributed by atoms with Crippen molar-refractivity contribution in [1.82, 2.24) is 0 Å². The van der Waals surface area contributed by atoms with Crippen LogP contribution in [-0.4, -0.2) is 24.7 Å². The predicted molar refractivity (Wildman–Crippen MR) is 169 cm³/mol. The van der Waals surface area contributed by atoms with Crippen LogP contribution >= 0.6 is 15.8 Å². The van der Waals surface area contributed by atoms with Gasteiger partial charge in [-0.3, -0.25) is 0 Å². The maximum atomic E-state index is 11.1. The molecule has 1 radical (unpaired) electrons. The third-order valence-electron chi connectivity index (χ3n) is 6.17. The van der Waals surface area contributed by atoms with E-state index in [0.29, 0.717) is 0 Å². The fourth-order valence-corrected chi connectivity index (χ4v) is 10.4. The van der Waals surface area contributed by atoms with Gasteiger partial charge in [0.05, 0.1) is 37.1 Å². The number of hydrogen-bond acceptors (Lipinski definition) is 0. The molecule has 0 N–H and O–H groups in total. The molecule has 0 spiro atoms. The van der Waals surface area contributed by atoms with E-state index < -0.39 is 34.4 Å². The van der Waals surface area contributed by atoms with Gasteiger partial charge < -0.3 is 4.39 Å². The average molecular weight is 693 g/mol. The standard InChI is InChI=1S/C26H24P2.C5H5.C3F7.Co/c1-5-13-23(14-6-1)27(24-15-7-2-8-16-24)21-22-28(25-17-9-3-10-18-25)26-19-11-4-12-20-26;1-2-4-5-3-1;4-1(2(5,6)7)3(8,9)10;/h1-20H,21-22H2;1-5H;;/q;2*-1;/p+2. The normalized spacial score (nSPS) is 11.2. The van der Waals surface area contributed by atoms with E-state index in [2.05, 4.69) is 121 Å². The van der Waals surface area contributed by atoms with E-state index in [-0.39, 0.29) is 16.8 Å². The number of alkyl halides is 6. The Morgan fingerprint density at radius 2 is 0.705 bits per heavy atom. The minimum absolute atomic E-state index is 0. The Balaban J connectivity index is 0.000000350. The molecule has 0 saturated heterocycles. The van der Waals surface area contributed by atoms with Crippen LogP contribution in [0, 0.1) is 6.17 Å².